The molecule has 0 heterocycles. The van der Waals surface area contributed by atoms with E-state index in [0.717, 1.165) is 34.2 Å². The molecule has 0 bridgehead atoms. The monoisotopic (exact) mass is 250 g/mol. The quantitative estimate of drug-likeness (QED) is 0.569. The summed E-state index contributed by atoms with van der Waals surface area (Å²) < 4.78 is 0. The van der Waals surface area contributed by atoms with E-state index in [9.17, 15) is 10.2 Å². The van der Waals surface area contributed by atoms with E-state index in [1.165, 1.54) is 0 Å². The molecule has 1 aromatic carbocycles. The van der Waals surface area contributed by atoms with Gasteiger partial charge in [0.2, 0.25) is 0 Å². The number of aromatic hydroxyl groups is 2. The number of allylic oxidation sites excluding steroid dienone is 1. The molecule has 0 spiro atoms. The Morgan fingerprint density at radius 1 is 1.00 bits per heavy atom. The first-order valence-corrected chi connectivity index (χ1v) is 6.17. The summed E-state index contributed by atoms with van der Waals surface area (Å²) in [6, 6.07) is 0. The van der Waals surface area contributed by atoms with Crippen molar-refractivity contribution in [2.45, 2.75) is 40.5 Å². The van der Waals surface area contributed by atoms with Crippen LogP contribution in [0.25, 0.3) is 0 Å². The number of aliphatic hydroxyl groups excluding tert-OH is 1. The maximum atomic E-state index is 10.1. The van der Waals surface area contributed by atoms with Crippen LogP contribution < -0.4 is 0 Å². The van der Waals surface area contributed by atoms with Gasteiger partial charge in [-0.2, -0.15) is 0 Å². The van der Waals surface area contributed by atoms with Crippen LogP contribution in [-0.2, 0) is 6.42 Å². The summed E-state index contributed by atoms with van der Waals surface area (Å²) in [5.74, 6) is 0.545. The van der Waals surface area contributed by atoms with E-state index in [-0.39, 0.29) is 18.1 Å². The second-order valence-electron chi connectivity index (χ2n) is 4.78. The summed E-state index contributed by atoms with van der Waals surface area (Å²) >= 11 is 0. The normalized spacial score (nSPS) is 11.9. The molecular formula is C15H22O3. The lowest BCUT2D eigenvalue weighted by Crippen LogP contribution is -1.97. The Balaban J connectivity index is 3.07. The van der Waals surface area contributed by atoms with E-state index < -0.39 is 0 Å². The van der Waals surface area contributed by atoms with Gasteiger partial charge in [-0.05, 0) is 57.2 Å². The molecule has 100 valence electrons. The van der Waals surface area contributed by atoms with Crippen LogP contribution in [0.2, 0.25) is 0 Å². The smallest absolute Gasteiger partial charge is 0.122 e. The van der Waals surface area contributed by atoms with Crippen molar-refractivity contribution in [3.05, 3.63) is 33.9 Å². The first kappa shape index (κ1) is 14.6. The second kappa shape index (κ2) is 5.91. The van der Waals surface area contributed by atoms with Gasteiger partial charge in [0, 0.05) is 5.56 Å². The Morgan fingerprint density at radius 3 is 2.11 bits per heavy atom. The van der Waals surface area contributed by atoms with Crippen molar-refractivity contribution < 1.29 is 15.3 Å². The molecule has 0 aliphatic rings. The average Bonchev–Trinajstić information content (AvgIpc) is 2.34. The zero-order valence-corrected chi connectivity index (χ0v) is 11.5. The third-order valence-corrected chi connectivity index (χ3v) is 3.58. The van der Waals surface area contributed by atoms with Crippen LogP contribution >= 0.6 is 0 Å². The summed E-state index contributed by atoms with van der Waals surface area (Å²) in [5, 5.41) is 28.9. The molecule has 3 heteroatoms. The van der Waals surface area contributed by atoms with Crippen LogP contribution in [0.15, 0.2) is 11.6 Å². The molecule has 1 aromatic rings. The summed E-state index contributed by atoms with van der Waals surface area (Å²) in [7, 11) is 0. The Hall–Kier alpha value is -1.48. The fourth-order valence-electron chi connectivity index (χ4n) is 2.07. The molecule has 0 aliphatic carbocycles. The molecular weight excluding hydrogens is 228 g/mol. The number of phenols is 2. The Labute approximate surface area is 108 Å². The second-order valence-corrected chi connectivity index (χ2v) is 4.78. The molecule has 0 saturated carbocycles. The van der Waals surface area contributed by atoms with E-state index in [2.05, 4.69) is 0 Å². The van der Waals surface area contributed by atoms with Gasteiger partial charge in [0.05, 0.1) is 6.61 Å². The molecule has 1 rings (SSSR count). The third kappa shape index (κ3) is 2.85. The van der Waals surface area contributed by atoms with E-state index in [4.69, 9.17) is 5.11 Å². The van der Waals surface area contributed by atoms with Gasteiger partial charge in [0.25, 0.3) is 0 Å². The minimum Gasteiger partial charge on any atom is -0.507 e. The molecule has 3 nitrogen and oxygen atoms in total. The zero-order valence-electron chi connectivity index (χ0n) is 11.5. The minimum absolute atomic E-state index is 0.0367. The van der Waals surface area contributed by atoms with Crippen LogP contribution in [0.5, 0.6) is 11.5 Å². The van der Waals surface area contributed by atoms with E-state index in [1.54, 1.807) is 13.0 Å². The molecule has 0 aromatic heterocycles. The number of benzene rings is 1. The molecule has 0 atom stereocenters. The number of hydrogen-bond acceptors (Lipinski definition) is 3. The molecule has 0 saturated heterocycles. The summed E-state index contributed by atoms with van der Waals surface area (Å²) in [6.07, 6.45) is 3.18. The molecule has 0 radical (unpaired) electrons. The van der Waals surface area contributed by atoms with Crippen LogP contribution in [0.3, 0.4) is 0 Å². The van der Waals surface area contributed by atoms with Crippen LogP contribution in [0, 0.1) is 20.8 Å². The van der Waals surface area contributed by atoms with Gasteiger partial charge in [0.1, 0.15) is 11.5 Å². The Bertz CT molecular complexity index is 444. The third-order valence-electron chi connectivity index (χ3n) is 3.58. The van der Waals surface area contributed by atoms with Crippen molar-refractivity contribution in [1.29, 1.82) is 0 Å². The van der Waals surface area contributed by atoms with Crippen LogP contribution in [0.4, 0.5) is 0 Å². The van der Waals surface area contributed by atoms with Gasteiger partial charge in [-0.3, -0.25) is 0 Å². The highest BCUT2D eigenvalue weighted by Gasteiger charge is 2.15. The molecule has 0 amide bonds. The number of aliphatic hydroxyl groups is 1. The lowest BCUT2D eigenvalue weighted by atomic mass is 9.93. The van der Waals surface area contributed by atoms with Crippen LogP contribution in [-0.4, -0.2) is 21.9 Å². The Kier molecular flexibility index (Phi) is 4.79. The lowest BCUT2D eigenvalue weighted by Gasteiger charge is -2.16. The van der Waals surface area contributed by atoms with Gasteiger partial charge < -0.3 is 15.3 Å². The lowest BCUT2D eigenvalue weighted by molar-refractivity contribution is 0.341. The number of hydrogen-bond donors (Lipinski definition) is 3. The highest BCUT2D eigenvalue weighted by molar-refractivity contribution is 5.56. The van der Waals surface area contributed by atoms with Crippen molar-refractivity contribution in [2.75, 3.05) is 6.61 Å². The number of phenolic OH excluding ortho intramolecular Hbond substituents is 2. The summed E-state index contributed by atoms with van der Waals surface area (Å²) in [4.78, 5) is 0. The predicted molar refractivity (Wildman–Crippen MR) is 73.1 cm³/mol. The van der Waals surface area contributed by atoms with Crippen molar-refractivity contribution >= 4 is 0 Å². The van der Waals surface area contributed by atoms with E-state index in [1.807, 2.05) is 20.8 Å². The van der Waals surface area contributed by atoms with Gasteiger partial charge in [-0.1, -0.05) is 11.6 Å². The van der Waals surface area contributed by atoms with Crippen LogP contribution in [0.1, 0.15) is 35.6 Å². The largest absolute Gasteiger partial charge is 0.507 e. The van der Waals surface area contributed by atoms with Crippen molar-refractivity contribution in [2.24, 2.45) is 0 Å². The molecule has 0 unspecified atom stereocenters. The first-order valence-electron chi connectivity index (χ1n) is 6.17. The highest BCUT2D eigenvalue weighted by atomic mass is 16.3. The van der Waals surface area contributed by atoms with Crippen molar-refractivity contribution in [1.82, 2.24) is 0 Å². The first-order chi connectivity index (χ1) is 8.40. The zero-order chi connectivity index (χ0) is 13.9. The van der Waals surface area contributed by atoms with E-state index in [0.29, 0.717) is 6.42 Å². The molecule has 3 N–H and O–H groups in total. The maximum Gasteiger partial charge on any atom is 0.122 e. The van der Waals surface area contributed by atoms with Gasteiger partial charge in [-0.25, -0.2) is 0 Å². The topological polar surface area (TPSA) is 60.7 Å². The summed E-state index contributed by atoms with van der Waals surface area (Å²) in [5.41, 5.74) is 4.08. The summed E-state index contributed by atoms with van der Waals surface area (Å²) in [6.45, 7) is 7.42. The van der Waals surface area contributed by atoms with Crippen molar-refractivity contribution in [3.63, 3.8) is 0 Å². The fraction of sp³-hybridized carbons (Fsp3) is 0.467. The fourth-order valence-corrected chi connectivity index (χ4v) is 2.07. The van der Waals surface area contributed by atoms with E-state index >= 15 is 0 Å². The Morgan fingerprint density at radius 2 is 1.56 bits per heavy atom. The van der Waals surface area contributed by atoms with Crippen molar-refractivity contribution in [3.8, 4) is 11.5 Å². The number of rotatable bonds is 4. The van der Waals surface area contributed by atoms with Gasteiger partial charge >= 0.3 is 0 Å². The molecule has 18 heavy (non-hydrogen) atoms. The van der Waals surface area contributed by atoms with Gasteiger partial charge in [-0.15, -0.1) is 0 Å². The van der Waals surface area contributed by atoms with Gasteiger partial charge in [0.15, 0.2) is 0 Å². The minimum atomic E-state index is 0.0367. The predicted octanol–water partition coefficient (Wildman–Crippen LogP) is 2.89. The highest BCUT2D eigenvalue weighted by Crippen LogP contribution is 2.37. The maximum absolute atomic E-state index is 10.1. The molecule has 0 aliphatic heterocycles. The molecule has 0 fully saturated rings. The average molecular weight is 250 g/mol. The SMILES string of the molecule is C/C(=C\CO)CCc1c(C)c(O)c(C)c(C)c1O. The standard InChI is InChI=1S/C15H22O3/c1-9(7-8-16)5-6-13-12(4)14(17)10(2)11(3)15(13)18/h7,16-18H,5-6,8H2,1-4H3/b9-7+.